The molecule has 0 radical (unpaired) electrons. The van der Waals surface area contributed by atoms with E-state index >= 15 is 0 Å². The first-order valence-corrected chi connectivity index (χ1v) is 7.35. The number of fused-ring (bicyclic) bond motifs is 1. The largest absolute Gasteiger partial charge is 0.480 e. The third-order valence-electron chi connectivity index (χ3n) is 3.99. The number of aliphatic hydroxyl groups excluding tert-OH is 1. The van der Waals surface area contributed by atoms with E-state index in [2.05, 4.69) is 0 Å². The number of hydrogen-bond acceptors (Lipinski definition) is 4. The summed E-state index contributed by atoms with van der Waals surface area (Å²) in [6, 6.07) is 4.34. The Balaban J connectivity index is 1.71. The topological polar surface area (TPSA) is 59.0 Å². The van der Waals surface area contributed by atoms with Crippen LogP contribution in [0.5, 0.6) is 5.75 Å². The SMILES string of the molecule is CC(C)(C)OC(=O)N1CC2(CCc3cc(F)ccc3O2)C1O. The van der Waals surface area contributed by atoms with Crippen LogP contribution < -0.4 is 4.74 Å². The van der Waals surface area contributed by atoms with Gasteiger partial charge in [-0.05, 0) is 57.4 Å². The monoisotopic (exact) mass is 309 g/mol. The number of hydrogen-bond donors (Lipinski definition) is 1. The zero-order chi connectivity index (χ0) is 16.1. The summed E-state index contributed by atoms with van der Waals surface area (Å²) in [5, 5.41) is 10.4. The third-order valence-corrected chi connectivity index (χ3v) is 3.99. The zero-order valence-corrected chi connectivity index (χ0v) is 12.9. The first-order valence-electron chi connectivity index (χ1n) is 7.35. The fourth-order valence-corrected chi connectivity index (χ4v) is 2.87. The van der Waals surface area contributed by atoms with Crippen molar-refractivity contribution in [3.8, 4) is 5.75 Å². The maximum absolute atomic E-state index is 13.2. The first-order chi connectivity index (χ1) is 10.2. The van der Waals surface area contributed by atoms with Crippen LogP contribution in [0.4, 0.5) is 9.18 Å². The first kappa shape index (κ1) is 15.1. The van der Waals surface area contributed by atoms with Crippen LogP contribution in [0.1, 0.15) is 32.8 Å². The number of halogens is 1. The van der Waals surface area contributed by atoms with Gasteiger partial charge in [0.05, 0.1) is 6.54 Å². The number of aliphatic hydroxyl groups is 1. The molecule has 0 aromatic heterocycles. The molecule has 0 bridgehead atoms. The van der Waals surface area contributed by atoms with Gasteiger partial charge in [-0.3, -0.25) is 4.90 Å². The molecule has 3 rings (SSSR count). The van der Waals surface area contributed by atoms with Crippen molar-refractivity contribution in [2.75, 3.05) is 6.54 Å². The Labute approximate surface area is 128 Å². The summed E-state index contributed by atoms with van der Waals surface area (Å²) >= 11 is 0. The standard InChI is InChI=1S/C16H20FNO4/c1-15(2,3)22-14(20)18-9-16(13(18)19)7-6-10-8-11(17)4-5-12(10)21-16/h4-5,8,13,19H,6-7,9H2,1-3H3. The number of carbonyl (C=O) groups is 1. The van der Waals surface area contributed by atoms with Crippen molar-refractivity contribution in [2.45, 2.75) is 51.0 Å². The molecule has 2 aliphatic heterocycles. The minimum Gasteiger partial charge on any atom is -0.480 e. The number of ether oxygens (including phenoxy) is 2. The van der Waals surface area contributed by atoms with E-state index in [9.17, 15) is 14.3 Å². The van der Waals surface area contributed by atoms with Crippen LogP contribution in [0.25, 0.3) is 0 Å². The van der Waals surface area contributed by atoms with Crippen molar-refractivity contribution in [1.82, 2.24) is 4.90 Å². The minimum atomic E-state index is -1.06. The van der Waals surface area contributed by atoms with Gasteiger partial charge >= 0.3 is 6.09 Å². The number of amides is 1. The molecule has 2 aliphatic rings. The second-order valence-corrected chi connectivity index (χ2v) is 6.90. The van der Waals surface area contributed by atoms with E-state index in [1.54, 1.807) is 26.8 Å². The average molecular weight is 309 g/mol. The quantitative estimate of drug-likeness (QED) is 0.800. The summed E-state index contributed by atoms with van der Waals surface area (Å²) in [6.45, 7) is 5.58. The number of likely N-dealkylation sites (tertiary alicyclic amines) is 1. The molecule has 120 valence electrons. The predicted octanol–water partition coefficient (Wildman–Crippen LogP) is 2.46. The van der Waals surface area contributed by atoms with Gasteiger partial charge < -0.3 is 14.6 Å². The predicted molar refractivity (Wildman–Crippen MR) is 77.0 cm³/mol. The molecular weight excluding hydrogens is 289 g/mol. The molecule has 1 aromatic carbocycles. The zero-order valence-electron chi connectivity index (χ0n) is 12.9. The average Bonchev–Trinajstić information content (AvgIpc) is 2.42. The second-order valence-electron chi connectivity index (χ2n) is 6.90. The number of rotatable bonds is 0. The highest BCUT2D eigenvalue weighted by Crippen LogP contribution is 2.42. The Bertz CT molecular complexity index is 613. The van der Waals surface area contributed by atoms with Crippen LogP contribution in [0.15, 0.2) is 18.2 Å². The number of nitrogens with zero attached hydrogens (tertiary/aromatic N) is 1. The summed E-state index contributed by atoms with van der Waals surface area (Å²) in [5.74, 6) is 0.262. The van der Waals surface area contributed by atoms with Crippen LogP contribution >= 0.6 is 0 Å². The van der Waals surface area contributed by atoms with Gasteiger partial charge in [-0.2, -0.15) is 0 Å². The molecule has 2 atom stereocenters. The number of aryl methyl sites for hydroxylation is 1. The highest BCUT2D eigenvalue weighted by atomic mass is 19.1. The van der Waals surface area contributed by atoms with Gasteiger partial charge in [-0.15, -0.1) is 0 Å². The summed E-state index contributed by atoms with van der Waals surface area (Å²) < 4.78 is 24.3. The van der Waals surface area contributed by atoms with E-state index in [4.69, 9.17) is 9.47 Å². The molecule has 2 heterocycles. The molecule has 0 aliphatic carbocycles. The fraction of sp³-hybridized carbons (Fsp3) is 0.562. The van der Waals surface area contributed by atoms with Gasteiger partial charge in [0.15, 0.2) is 11.8 Å². The summed E-state index contributed by atoms with van der Waals surface area (Å²) in [7, 11) is 0. The molecule has 22 heavy (non-hydrogen) atoms. The van der Waals surface area contributed by atoms with Gasteiger partial charge in [-0.25, -0.2) is 9.18 Å². The molecule has 5 nitrogen and oxygen atoms in total. The van der Waals surface area contributed by atoms with Crippen LogP contribution in [0.2, 0.25) is 0 Å². The Hall–Kier alpha value is -1.82. The Morgan fingerprint density at radius 2 is 2.23 bits per heavy atom. The lowest BCUT2D eigenvalue weighted by Crippen LogP contribution is -2.74. The molecule has 1 aromatic rings. The van der Waals surface area contributed by atoms with E-state index in [0.717, 1.165) is 5.56 Å². The lowest BCUT2D eigenvalue weighted by atomic mass is 9.82. The molecule has 1 amide bonds. The summed E-state index contributed by atoms with van der Waals surface area (Å²) in [5.41, 5.74) is -0.646. The van der Waals surface area contributed by atoms with Crippen LogP contribution in [-0.2, 0) is 11.2 Å². The van der Waals surface area contributed by atoms with Crippen LogP contribution in [-0.4, -0.2) is 40.1 Å². The molecule has 1 fully saturated rings. The van der Waals surface area contributed by atoms with E-state index in [-0.39, 0.29) is 12.4 Å². The number of benzene rings is 1. The van der Waals surface area contributed by atoms with Gasteiger partial charge in [0.1, 0.15) is 17.2 Å². The van der Waals surface area contributed by atoms with E-state index < -0.39 is 23.5 Å². The molecular formula is C16H20FNO4. The molecule has 2 unspecified atom stereocenters. The van der Waals surface area contributed by atoms with Gasteiger partial charge in [-0.1, -0.05) is 0 Å². The van der Waals surface area contributed by atoms with Crippen molar-refractivity contribution in [1.29, 1.82) is 0 Å². The molecule has 1 saturated heterocycles. The van der Waals surface area contributed by atoms with E-state index in [1.165, 1.54) is 17.0 Å². The van der Waals surface area contributed by atoms with Gasteiger partial charge in [0.2, 0.25) is 0 Å². The van der Waals surface area contributed by atoms with Crippen molar-refractivity contribution in [3.05, 3.63) is 29.6 Å². The third kappa shape index (κ3) is 2.52. The normalized spacial score (nSPS) is 27.0. The van der Waals surface area contributed by atoms with Crippen LogP contribution in [0.3, 0.4) is 0 Å². The van der Waals surface area contributed by atoms with Gasteiger partial charge in [0.25, 0.3) is 0 Å². The smallest absolute Gasteiger partial charge is 0.412 e. The lowest BCUT2D eigenvalue weighted by molar-refractivity contribution is -0.220. The molecule has 0 saturated carbocycles. The second kappa shape index (κ2) is 4.84. The molecule has 1 spiro atoms. The Kier molecular flexibility index (Phi) is 3.32. The van der Waals surface area contributed by atoms with Crippen LogP contribution in [0, 0.1) is 5.82 Å². The Morgan fingerprint density at radius 3 is 2.86 bits per heavy atom. The number of carbonyl (C=O) groups excluding carboxylic acids is 1. The minimum absolute atomic E-state index is 0.264. The highest BCUT2D eigenvalue weighted by Gasteiger charge is 2.58. The maximum atomic E-state index is 13.2. The Morgan fingerprint density at radius 1 is 1.50 bits per heavy atom. The van der Waals surface area contributed by atoms with Crippen molar-refractivity contribution in [3.63, 3.8) is 0 Å². The van der Waals surface area contributed by atoms with Crippen molar-refractivity contribution >= 4 is 6.09 Å². The molecule has 6 heteroatoms. The highest BCUT2D eigenvalue weighted by molar-refractivity contribution is 5.70. The van der Waals surface area contributed by atoms with Crippen molar-refractivity contribution < 1.29 is 23.8 Å². The summed E-state index contributed by atoms with van der Waals surface area (Å²) in [6.07, 6.45) is -0.476. The summed E-state index contributed by atoms with van der Waals surface area (Å²) in [4.78, 5) is 13.3. The maximum Gasteiger partial charge on any atom is 0.412 e. The van der Waals surface area contributed by atoms with E-state index in [0.29, 0.717) is 18.6 Å². The molecule has 1 N–H and O–H groups in total. The lowest BCUT2D eigenvalue weighted by Gasteiger charge is -2.55. The van der Waals surface area contributed by atoms with Gasteiger partial charge in [0, 0.05) is 0 Å². The van der Waals surface area contributed by atoms with E-state index in [1.807, 2.05) is 0 Å². The van der Waals surface area contributed by atoms with Crippen molar-refractivity contribution in [2.24, 2.45) is 0 Å². The fourth-order valence-electron chi connectivity index (χ4n) is 2.87.